The van der Waals surface area contributed by atoms with Crippen LogP contribution in [-0.4, -0.2) is 80.8 Å². The van der Waals surface area contributed by atoms with Crippen molar-refractivity contribution in [3.8, 4) is 33.6 Å². The molecule has 2 aliphatic heterocycles. The van der Waals surface area contributed by atoms with E-state index >= 15 is 0 Å². The summed E-state index contributed by atoms with van der Waals surface area (Å²) in [7, 11) is 3.69. The predicted molar refractivity (Wildman–Crippen MR) is 190 cm³/mol. The molecule has 3 atom stereocenters. The number of carbonyl (C=O) groups excluding carboxylic acids is 2. The van der Waals surface area contributed by atoms with Gasteiger partial charge in [-0.25, -0.2) is 9.97 Å². The molecule has 0 spiro atoms. The number of aromatic amines is 2. The maximum absolute atomic E-state index is 13.3. The van der Waals surface area contributed by atoms with Gasteiger partial charge in [-0.1, -0.05) is 82.3 Å². The van der Waals surface area contributed by atoms with Crippen LogP contribution in [0.15, 0.2) is 67.0 Å². The largest absolute Gasteiger partial charge is 0.340 e. The van der Waals surface area contributed by atoms with Crippen LogP contribution in [-0.2, 0) is 9.59 Å². The van der Waals surface area contributed by atoms with E-state index in [-0.39, 0.29) is 41.8 Å². The Morgan fingerprint density at radius 1 is 0.750 bits per heavy atom. The number of hydrogen-bond donors (Lipinski definition) is 4. The highest BCUT2D eigenvalue weighted by atomic mass is 16.2. The minimum Gasteiger partial charge on any atom is -0.340 e. The molecule has 2 amide bonds. The van der Waals surface area contributed by atoms with Gasteiger partial charge in [0, 0.05) is 13.1 Å². The maximum Gasteiger partial charge on any atom is 0.244 e. The van der Waals surface area contributed by atoms with Gasteiger partial charge >= 0.3 is 0 Å². The standard InChI is InChI=1S/C38H48N8O2/c1-23(2)33(39-5)37(47)45-19-7-9-31(45)35-41-21-29(43-35)27-15-11-25(12-16-27)26-13-17-28(18-14-26)30-22-42-36(44-30)32-10-8-20-46(32)38(48)34(40-6)24(3)4/h9,11-18,21-24,32-34,39-40H,7-8,10,19-20H2,1-6H3,(H,41,43)(H,42,44)/t32-,33-,34-/m0/s1. The fourth-order valence-corrected chi connectivity index (χ4v) is 7.09. The van der Waals surface area contributed by atoms with Gasteiger partial charge in [0.1, 0.15) is 5.82 Å². The van der Waals surface area contributed by atoms with Gasteiger partial charge in [-0.3, -0.25) is 9.59 Å². The number of nitrogens with one attached hydrogen (secondary N) is 4. The van der Waals surface area contributed by atoms with Crippen LogP contribution in [0.5, 0.6) is 0 Å². The third kappa shape index (κ3) is 6.59. The van der Waals surface area contributed by atoms with Crippen LogP contribution in [0, 0.1) is 11.8 Å². The van der Waals surface area contributed by atoms with E-state index in [1.54, 1.807) is 0 Å². The quantitative estimate of drug-likeness (QED) is 0.162. The number of hydrogen-bond acceptors (Lipinski definition) is 6. The highest BCUT2D eigenvalue weighted by molar-refractivity contribution is 5.91. The molecule has 1 saturated heterocycles. The molecule has 4 heterocycles. The lowest BCUT2D eigenvalue weighted by molar-refractivity contribution is -0.135. The van der Waals surface area contributed by atoms with E-state index in [1.165, 1.54) is 0 Å². The van der Waals surface area contributed by atoms with Crippen molar-refractivity contribution < 1.29 is 9.59 Å². The lowest BCUT2D eigenvalue weighted by Crippen LogP contribution is -2.47. The van der Waals surface area contributed by atoms with Crippen molar-refractivity contribution in [3.63, 3.8) is 0 Å². The third-order valence-corrected chi connectivity index (χ3v) is 9.73. The lowest BCUT2D eigenvalue weighted by Gasteiger charge is -2.29. The highest BCUT2D eigenvalue weighted by Gasteiger charge is 2.36. The summed E-state index contributed by atoms with van der Waals surface area (Å²) in [5.74, 6) is 2.18. The Labute approximate surface area is 283 Å². The molecular weight excluding hydrogens is 600 g/mol. The molecule has 0 bridgehead atoms. The molecule has 0 radical (unpaired) electrons. The van der Waals surface area contributed by atoms with Gasteiger partial charge in [0.25, 0.3) is 0 Å². The highest BCUT2D eigenvalue weighted by Crippen LogP contribution is 2.34. The Kier molecular flexibility index (Phi) is 9.93. The first-order valence-electron chi connectivity index (χ1n) is 17.2. The summed E-state index contributed by atoms with van der Waals surface area (Å²) < 4.78 is 0. The smallest absolute Gasteiger partial charge is 0.244 e. The Bertz CT molecular complexity index is 1750. The average molecular weight is 649 g/mol. The number of carbonyl (C=O) groups is 2. The normalized spacial score (nSPS) is 17.8. The van der Waals surface area contributed by atoms with E-state index < -0.39 is 0 Å². The minimum absolute atomic E-state index is 0.0310. The summed E-state index contributed by atoms with van der Waals surface area (Å²) in [5, 5.41) is 6.36. The van der Waals surface area contributed by atoms with Crippen LogP contribution in [0.25, 0.3) is 39.3 Å². The van der Waals surface area contributed by atoms with Crippen molar-refractivity contribution in [1.82, 2.24) is 40.4 Å². The van der Waals surface area contributed by atoms with Gasteiger partial charge in [-0.2, -0.15) is 0 Å². The zero-order valence-electron chi connectivity index (χ0n) is 28.9. The molecule has 252 valence electrons. The summed E-state index contributed by atoms with van der Waals surface area (Å²) in [5.41, 5.74) is 7.00. The summed E-state index contributed by atoms with van der Waals surface area (Å²) in [6.07, 6.45) is 8.49. The topological polar surface area (TPSA) is 122 Å². The number of likely N-dealkylation sites (N-methyl/N-ethyl adjacent to an activating group) is 2. The van der Waals surface area contributed by atoms with E-state index in [1.807, 2.05) is 36.3 Å². The Morgan fingerprint density at radius 3 is 1.88 bits per heavy atom. The molecule has 2 aliphatic rings. The van der Waals surface area contributed by atoms with Crippen molar-refractivity contribution >= 4 is 17.5 Å². The Morgan fingerprint density at radius 2 is 1.29 bits per heavy atom. The second-order valence-electron chi connectivity index (χ2n) is 13.6. The first-order valence-corrected chi connectivity index (χ1v) is 17.2. The fraction of sp³-hybridized carbons (Fsp3) is 0.421. The molecule has 0 saturated carbocycles. The van der Waals surface area contributed by atoms with Gasteiger partial charge in [-0.15, -0.1) is 0 Å². The molecule has 6 rings (SSSR count). The molecule has 10 heteroatoms. The number of imidazole rings is 2. The summed E-state index contributed by atoms with van der Waals surface area (Å²) in [6.45, 7) is 9.68. The molecule has 4 aromatic rings. The summed E-state index contributed by atoms with van der Waals surface area (Å²) >= 11 is 0. The van der Waals surface area contributed by atoms with Gasteiger partial charge in [0.15, 0.2) is 5.82 Å². The third-order valence-electron chi connectivity index (χ3n) is 9.73. The van der Waals surface area contributed by atoms with Gasteiger partial charge in [0.05, 0.1) is 47.6 Å². The van der Waals surface area contributed by atoms with Crippen molar-refractivity contribution in [1.29, 1.82) is 0 Å². The number of benzene rings is 2. The first-order chi connectivity index (χ1) is 23.2. The average Bonchev–Trinajstić information content (AvgIpc) is 3.91. The fourth-order valence-electron chi connectivity index (χ4n) is 7.09. The van der Waals surface area contributed by atoms with E-state index in [2.05, 4.69) is 108 Å². The SMILES string of the molecule is CN[C@H](C(=O)N1CCC=C1c1ncc(-c2ccc(-c3ccc(-c4cnc([C@@H]5CCCN5C(=O)[C@@H](NC)C(C)C)[nH]4)cc3)cc2)[nH]1)C(C)C. The van der Waals surface area contributed by atoms with Gasteiger partial charge < -0.3 is 30.4 Å². The Balaban J connectivity index is 1.12. The van der Waals surface area contributed by atoms with Crippen LogP contribution in [0.3, 0.4) is 0 Å². The van der Waals surface area contributed by atoms with Crippen molar-refractivity contribution in [2.45, 2.75) is 65.1 Å². The number of likely N-dealkylation sites (tertiary alicyclic amines) is 1. The zero-order chi connectivity index (χ0) is 33.9. The molecule has 0 aliphatic carbocycles. The van der Waals surface area contributed by atoms with Gasteiger partial charge in [-0.05, 0) is 67.4 Å². The molecule has 1 fully saturated rings. The van der Waals surface area contributed by atoms with Gasteiger partial charge in [0.2, 0.25) is 11.8 Å². The minimum atomic E-state index is -0.236. The number of rotatable bonds is 11. The van der Waals surface area contributed by atoms with Crippen LogP contribution >= 0.6 is 0 Å². The summed E-state index contributed by atoms with van der Waals surface area (Å²) in [4.78, 5) is 46.7. The van der Waals surface area contributed by atoms with Crippen molar-refractivity contribution in [3.05, 3.63) is 78.6 Å². The molecule has 2 aromatic heterocycles. The van der Waals surface area contributed by atoms with E-state index in [0.717, 1.165) is 71.0 Å². The van der Waals surface area contributed by atoms with E-state index in [4.69, 9.17) is 4.98 Å². The van der Waals surface area contributed by atoms with Crippen LogP contribution < -0.4 is 10.6 Å². The summed E-state index contributed by atoms with van der Waals surface area (Å²) in [6, 6.07) is 16.4. The monoisotopic (exact) mass is 648 g/mol. The lowest BCUT2D eigenvalue weighted by atomic mass is 10.0. The maximum atomic E-state index is 13.3. The molecule has 48 heavy (non-hydrogen) atoms. The molecule has 10 nitrogen and oxygen atoms in total. The molecule has 4 N–H and O–H groups in total. The van der Waals surface area contributed by atoms with Crippen molar-refractivity contribution in [2.75, 3.05) is 27.2 Å². The number of amides is 2. The second kappa shape index (κ2) is 14.3. The Hall–Kier alpha value is -4.54. The van der Waals surface area contributed by atoms with Crippen LogP contribution in [0.1, 0.15) is 64.6 Å². The van der Waals surface area contributed by atoms with Crippen LogP contribution in [0.4, 0.5) is 0 Å². The molecule has 0 unspecified atom stereocenters. The van der Waals surface area contributed by atoms with Crippen LogP contribution in [0.2, 0.25) is 0 Å². The van der Waals surface area contributed by atoms with E-state index in [9.17, 15) is 9.59 Å². The number of H-pyrrole nitrogens is 2. The second-order valence-corrected chi connectivity index (χ2v) is 13.6. The number of aromatic nitrogens is 4. The number of nitrogens with zero attached hydrogens (tertiary/aromatic N) is 4. The van der Waals surface area contributed by atoms with E-state index in [0.29, 0.717) is 12.4 Å². The molecular formula is C38H48N8O2. The van der Waals surface area contributed by atoms with Crippen molar-refractivity contribution in [2.24, 2.45) is 11.8 Å². The predicted octanol–water partition coefficient (Wildman–Crippen LogP) is 5.86. The first kappa shape index (κ1) is 33.4. The molecule has 2 aromatic carbocycles. The zero-order valence-corrected chi connectivity index (χ0v) is 28.9.